The molecule has 0 aromatic heterocycles. The third-order valence-electron chi connectivity index (χ3n) is 6.35. The van der Waals surface area contributed by atoms with Gasteiger partial charge in [-0.25, -0.2) is 0 Å². The van der Waals surface area contributed by atoms with Crippen LogP contribution in [0, 0.1) is 5.41 Å². The lowest BCUT2D eigenvalue weighted by atomic mass is 9.69. The second-order valence-electron chi connectivity index (χ2n) is 8.98. The van der Waals surface area contributed by atoms with E-state index in [4.69, 9.17) is 16.3 Å². The lowest BCUT2D eigenvalue weighted by Crippen LogP contribution is -2.43. The number of anilines is 1. The van der Waals surface area contributed by atoms with Gasteiger partial charge in [0.15, 0.2) is 5.78 Å². The van der Waals surface area contributed by atoms with Crippen molar-refractivity contribution in [2.75, 3.05) is 11.9 Å². The summed E-state index contributed by atoms with van der Waals surface area (Å²) >= 11 is 6.12. The maximum Gasteiger partial charge on any atom is 0.276 e. The zero-order valence-electron chi connectivity index (χ0n) is 16.7. The van der Waals surface area contributed by atoms with Crippen LogP contribution in [0.4, 0.5) is 5.69 Å². The van der Waals surface area contributed by atoms with Crippen LogP contribution in [0.3, 0.4) is 0 Å². The van der Waals surface area contributed by atoms with Crippen molar-refractivity contribution < 1.29 is 14.3 Å². The summed E-state index contributed by atoms with van der Waals surface area (Å²) in [5.74, 6) is 0.0909. The number of rotatable bonds is 1. The molecule has 0 unspecified atom stereocenters. The number of carbonyl (C=O) groups is 2. The minimum absolute atomic E-state index is 0.0629. The Bertz CT molecular complexity index is 1090. The zero-order valence-corrected chi connectivity index (χ0v) is 17.4. The Morgan fingerprint density at radius 1 is 1.03 bits per heavy atom. The maximum absolute atomic E-state index is 13.7. The highest BCUT2D eigenvalue weighted by Crippen LogP contribution is 2.61. The van der Waals surface area contributed by atoms with Gasteiger partial charge in [0.2, 0.25) is 5.60 Å². The number of para-hydroxylation sites is 1. The number of benzene rings is 2. The third kappa shape index (κ3) is 2.45. The highest BCUT2D eigenvalue weighted by molar-refractivity contribution is 6.30. The summed E-state index contributed by atoms with van der Waals surface area (Å²) in [5.41, 5.74) is 1.70. The van der Waals surface area contributed by atoms with Crippen LogP contribution in [-0.4, -0.2) is 18.7 Å². The van der Waals surface area contributed by atoms with Gasteiger partial charge in [0.25, 0.3) is 5.91 Å². The van der Waals surface area contributed by atoms with Gasteiger partial charge in [0, 0.05) is 36.0 Å². The molecule has 3 aliphatic rings. The standard InChI is InChI=1S/C24H22ClNO3/c1-23(2)12-18(27)20-19(13-23)29-24(21(20)14-8-10-15(25)11-9-14)16-6-4-5-7-17(16)26(3)22(24)28/h4-11,21H,12-13H2,1-3H3/t21-,24-/m1/s1. The third-order valence-corrected chi connectivity index (χ3v) is 6.60. The van der Waals surface area contributed by atoms with Crippen molar-refractivity contribution in [3.63, 3.8) is 0 Å². The SMILES string of the molecule is CN1C(=O)[C@@]2(OC3=C(C(=O)CC(C)(C)C3)[C@H]2c2ccc(Cl)cc2)c2ccccc21. The number of hydrogen-bond donors (Lipinski definition) is 0. The summed E-state index contributed by atoms with van der Waals surface area (Å²) in [6.45, 7) is 4.13. The molecule has 0 bridgehead atoms. The first-order chi connectivity index (χ1) is 13.7. The molecule has 1 amide bonds. The van der Waals surface area contributed by atoms with E-state index in [0.29, 0.717) is 29.2 Å². The summed E-state index contributed by atoms with van der Waals surface area (Å²) < 4.78 is 6.56. The van der Waals surface area contributed by atoms with Crippen LogP contribution in [0.15, 0.2) is 59.9 Å². The van der Waals surface area contributed by atoms with Gasteiger partial charge in [-0.2, -0.15) is 0 Å². The number of ether oxygens (including phenoxy) is 1. The smallest absolute Gasteiger partial charge is 0.276 e. The van der Waals surface area contributed by atoms with E-state index in [2.05, 4.69) is 13.8 Å². The fraction of sp³-hybridized carbons (Fsp3) is 0.333. The first-order valence-corrected chi connectivity index (χ1v) is 10.2. The quantitative estimate of drug-likeness (QED) is 0.670. The predicted molar refractivity (Wildman–Crippen MR) is 112 cm³/mol. The molecule has 0 radical (unpaired) electrons. The molecule has 2 aromatic rings. The molecular formula is C24H22ClNO3. The number of hydrogen-bond acceptors (Lipinski definition) is 3. The summed E-state index contributed by atoms with van der Waals surface area (Å²) in [5, 5.41) is 0.613. The number of nitrogens with zero attached hydrogens (tertiary/aromatic N) is 1. The molecule has 2 atom stereocenters. The molecule has 29 heavy (non-hydrogen) atoms. The second kappa shape index (κ2) is 5.96. The molecule has 5 rings (SSSR count). The van der Waals surface area contributed by atoms with Crippen LogP contribution < -0.4 is 4.90 Å². The summed E-state index contributed by atoms with van der Waals surface area (Å²) in [4.78, 5) is 28.6. The number of amides is 1. The van der Waals surface area contributed by atoms with Crippen molar-refractivity contribution in [3.05, 3.63) is 76.0 Å². The van der Waals surface area contributed by atoms with Gasteiger partial charge in [-0.3, -0.25) is 9.59 Å². The minimum atomic E-state index is -1.25. The van der Waals surface area contributed by atoms with E-state index in [9.17, 15) is 9.59 Å². The van der Waals surface area contributed by atoms with Crippen molar-refractivity contribution in [2.45, 2.75) is 38.2 Å². The van der Waals surface area contributed by atoms with Crippen LogP contribution in [0.5, 0.6) is 0 Å². The number of fused-ring (bicyclic) bond motifs is 2. The van der Waals surface area contributed by atoms with E-state index >= 15 is 0 Å². The average Bonchev–Trinajstić information content (AvgIpc) is 3.11. The average molecular weight is 408 g/mol. The van der Waals surface area contributed by atoms with Gasteiger partial charge in [0.1, 0.15) is 5.76 Å². The molecule has 2 aromatic carbocycles. The van der Waals surface area contributed by atoms with Gasteiger partial charge in [-0.1, -0.05) is 55.8 Å². The molecule has 148 valence electrons. The van der Waals surface area contributed by atoms with Crippen LogP contribution in [-0.2, 0) is 19.9 Å². The van der Waals surface area contributed by atoms with E-state index in [0.717, 1.165) is 16.8 Å². The largest absolute Gasteiger partial charge is 0.475 e. The topological polar surface area (TPSA) is 46.6 Å². The van der Waals surface area contributed by atoms with E-state index in [1.54, 1.807) is 24.1 Å². The number of allylic oxidation sites excluding steroid dienone is 1. The van der Waals surface area contributed by atoms with Crippen molar-refractivity contribution in [2.24, 2.45) is 5.41 Å². The van der Waals surface area contributed by atoms with E-state index in [-0.39, 0.29) is 17.1 Å². The molecule has 0 fully saturated rings. The number of halogens is 1. The molecule has 1 aliphatic carbocycles. The van der Waals surface area contributed by atoms with Gasteiger partial charge in [0.05, 0.1) is 11.6 Å². The number of carbonyl (C=O) groups excluding carboxylic acids is 2. The molecule has 0 saturated heterocycles. The highest BCUT2D eigenvalue weighted by atomic mass is 35.5. The molecular weight excluding hydrogens is 386 g/mol. The molecule has 5 heteroatoms. The monoisotopic (exact) mass is 407 g/mol. The fourth-order valence-corrected chi connectivity index (χ4v) is 5.26. The maximum atomic E-state index is 13.7. The highest BCUT2D eigenvalue weighted by Gasteiger charge is 2.64. The fourth-order valence-electron chi connectivity index (χ4n) is 5.14. The Labute approximate surface area is 175 Å². The van der Waals surface area contributed by atoms with Crippen molar-refractivity contribution in [1.82, 2.24) is 0 Å². The number of Topliss-reactive ketones (excluding diaryl/α,β-unsaturated/α-hetero) is 1. The van der Waals surface area contributed by atoms with Gasteiger partial charge in [-0.15, -0.1) is 0 Å². The summed E-state index contributed by atoms with van der Waals surface area (Å²) in [6, 6.07) is 15.1. The van der Waals surface area contributed by atoms with Crippen molar-refractivity contribution in [3.8, 4) is 0 Å². The normalized spacial score (nSPS) is 27.3. The number of likely N-dealkylation sites (N-methyl/N-ethyl adjacent to an activating group) is 1. The Morgan fingerprint density at radius 2 is 1.72 bits per heavy atom. The van der Waals surface area contributed by atoms with Crippen LogP contribution in [0.1, 0.15) is 43.7 Å². The zero-order chi connectivity index (χ0) is 20.6. The Morgan fingerprint density at radius 3 is 2.45 bits per heavy atom. The molecule has 4 nitrogen and oxygen atoms in total. The molecule has 1 spiro atoms. The lowest BCUT2D eigenvalue weighted by Gasteiger charge is -2.31. The summed E-state index contributed by atoms with van der Waals surface area (Å²) in [6.07, 6.45) is 1.08. The first-order valence-electron chi connectivity index (χ1n) is 9.83. The van der Waals surface area contributed by atoms with Crippen molar-refractivity contribution >= 4 is 29.0 Å². The minimum Gasteiger partial charge on any atom is -0.475 e. The van der Waals surface area contributed by atoms with Crippen LogP contribution >= 0.6 is 11.6 Å². The molecule has 2 aliphatic heterocycles. The molecule has 0 N–H and O–H groups in total. The van der Waals surface area contributed by atoms with Gasteiger partial charge >= 0.3 is 0 Å². The van der Waals surface area contributed by atoms with Gasteiger partial charge in [-0.05, 0) is 29.2 Å². The Balaban J connectivity index is 1.78. The molecule has 0 saturated carbocycles. The second-order valence-corrected chi connectivity index (χ2v) is 9.42. The van der Waals surface area contributed by atoms with Crippen molar-refractivity contribution in [1.29, 1.82) is 0 Å². The first kappa shape index (κ1) is 18.4. The van der Waals surface area contributed by atoms with Crippen LogP contribution in [0.2, 0.25) is 5.02 Å². The van der Waals surface area contributed by atoms with Crippen LogP contribution in [0.25, 0.3) is 0 Å². The molecule has 2 heterocycles. The Kier molecular flexibility index (Phi) is 3.79. The van der Waals surface area contributed by atoms with Gasteiger partial charge < -0.3 is 9.64 Å². The number of ketones is 1. The van der Waals surface area contributed by atoms with E-state index in [1.807, 2.05) is 36.4 Å². The van der Waals surface area contributed by atoms with E-state index < -0.39 is 11.5 Å². The summed E-state index contributed by atoms with van der Waals surface area (Å²) in [7, 11) is 1.77. The predicted octanol–water partition coefficient (Wildman–Crippen LogP) is 4.97. The van der Waals surface area contributed by atoms with E-state index in [1.165, 1.54) is 0 Å². The lowest BCUT2D eigenvalue weighted by molar-refractivity contribution is -0.137. The Hall–Kier alpha value is -2.59.